The van der Waals surface area contributed by atoms with Crippen molar-refractivity contribution in [3.05, 3.63) is 0 Å². The Morgan fingerprint density at radius 1 is 1.09 bits per heavy atom. The molecule has 0 bridgehead atoms. The lowest BCUT2D eigenvalue weighted by Gasteiger charge is -1.86. The first-order valence-electron chi connectivity index (χ1n) is 4.07. The van der Waals surface area contributed by atoms with Gasteiger partial charge in [0.05, 0.1) is 8.41 Å². The van der Waals surface area contributed by atoms with Crippen LogP contribution in [0.4, 0.5) is 0 Å². The van der Waals surface area contributed by atoms with E-state index in [4.69, 9.17) is 9.47 Å². The van der Waals surface area contributed by atoms with Crippen LogP contribution in [-0.2, 0) is 9.47 Å². The molecule has 1 rings (SSSR count). The lowest BCUT2D eigenvalue weighted by molar-refractivity contribution is 0.162. The fourth-order valence-corrected chi connectivity index (χ4v) is 0.714. The Kier molecular flexibility index (Phi) is 15.6. The summed E-state index contributed by atoms with van der Waals surface area (Å²) >= 11 is 0. The zero-order valence-electron chi connectivity index (χ0n) is 7.06. The van der Waals surface area contributed by atoms with Gasteiger partial charge in [-0.15, -0.1) is 0 Å². The second-order valence-electron chi connectivity index (χ2n) is 2.10. The Labute approximate surface area is 71.8 Å². The quantitative estimate of drug-likeness (QED) is 0.552. The first kappa shape index (κ1) is 13.6. The minimum absolute atomic E-state index is 0. The molecular weight excluding hydrogens is 139 g/mol. The lowest BCUT2D eigenvalue weighted by Crippen LogP contribution is -1.84. The molecule has 0 saturated carbocycles. The maximum Gasteiger partial charge on any atom is 0.0814 e. The van der Waals surface area contributed by atoms with Gasteiger partial charge in [0.25, 0.3) is 0 Å². The molecule has 0 unspecified atom stereocenters. The summed E-state index contributed by atoms with van der Waals surface area (Å²) < 4.78 is 9.78. The van der Waals surface area contributed by atoms with E-state index >= 15 is 0 Å². The molecule has 0 aliphatic carbocycles. The highest BCUT2D eigenvalue weighted by atomic mass is 16.5. The van der Waals surface area contributed by atoms with E-state index in [0.29, 0.717) is 0 Å². The number of rotatable bonds is 2. The minimum Gasteiger partial charge on any atom is -0.382 e. The molecule has 0 amide bonds. The van der Waals surface area contributed by atoms with Gasteiger partial charge in [-0.1, -0.05) is 0 Å². The zero-order valence-corrected chi connectivity index (χ0v) is 7.06. The highest BCUT2D eigenvalue weighted by molar-refractivity contribution is 5.75. The molecule has 1 heterocycles. The molecule has 0 aromatic heterocycles. The van der Waals surface area contributed by atoms with Crippen LogP contribution in [0, 0.1) is 0 Å². The predicted molar refractivity (Wildman–Crippen MR) is 52.2 cm³/mol. The van der Waals surface area contributed by atoms with Gasteiger partial charge in [0.2, 0.25) is 0 Å². The molecule has 0 aromatic carbocycles. The molecule has 1 aliphatic heterocycles. The average Bonchev–Trinajstić information content (AvgIpc) is 2.44. The lowest BCUT2D eigenvalue weighted by atomic mass is 10.4. The first-order valence-corrected chi connectivity index (χ1v) is 4.07. The molecular formula is C8H21BO2. The summed E-state index contributed by atoms with van der Waals surface area (Å²) in [6.45, 7) is 7.67. The van der Waals surface area contributed by atoms with Crippen LogP contribution < -0.4 is 0 Å². The normalized spacial score (nSPS) is 14.7. The third kappa shape index (κ3) is 13.0. The van der Waals surface area contributed by atoms with E-state index < -0.39 is 0 Å². The van der Waals surface area contributed by atoms with Crippen molar-refractivity contribution < 1.29 is 9.47 Å². The number of ether oxygens (including phenoxy) is 2. The van der Waals surface area contributed by atoms with Crippen molar-refractivity contribution in [1.29, 1.82) is 0 Å². The van der Waals surface area contributed by atoms with E-state index in [1.165, 1.54) is 12.8 Å². The molecule has 3 heteroatoms. The molecule has 1 aliphatic rings. The molecule has 0 radical (unpaired) electrons. The molecule has 1 fully saturated rings. The van der Waals surface area contributed by atoms with Crippen molar-refractivity contribution >= 4 is 8.41 Å². The monoisotopic (exact) mass is 160 g/mol. The van der Waals surface area contributed by atoms with Crippen molar-refractivity contribution in [1.82, 2.24) is 0 Å². The Morgan fingerprint density at radius 3 is 1.64 bits per heavy atom. The third-order valence-corrected chi connectivity index (χ3v) is 1.24. The molecule has 11 heavy (non-hydrogen) atoms. The van der Waals surface area contributed by atoms with Crippen LogP contribution in [0.25, 0.3) is 0 Å². The average molecular weight is 160 g/mol. The molecule has 1 saturated heterocycles. The van der Waals surface area contributed by atoms with Gasteiger partial charge in [0, 0.05) is 26.4 Å². The zero-order chi connectivity index (χ0) is 7.66. The van der Waals surface area contributed by atoms with Crippen molar-refractivity contribution in [2.45, 2.75) is 26.7 Å². The van der Waals surface area contributed by atoms with Crippen molar-refractivity contribution in [3.8, 4) is 0 Å². The van der Waals surface area contributed by atoms with Gasteiger partial charge in [-0.2, -0.15) is 0 Å². The largest absolute Gasteiger partial charge is 0.382 e. The summed E-state index contributed by atoms with van der Waals surface area (Å²) in [5.41, 5.74) is 0. The smallest absolute Gasteiger partial charge is 0.0814 e. The maximum absolute atomic E-state index is 4.94. The highest BCUT2D eigenvalue weighted by Gasteiger charge is 1.94. The summed E-state index contributed by atoms with van der Waals surface area (Å²) in [7, 11) is 0. The summed E-state index contributed by atoms with van der Waals surface area (Å²) in [4.78, 5) is 0. The van der Waals surface area contributed by atoms with E-state index in [0.717, 1.165) is 26.4 Å². The number of hydrogen-bond acceptors (Lipinski definition) is 2. The fraction of sp³-hybridized carbons (Fsp3) is 1.00. The van der Waals surface area contributed by atoms with Gasteiger partial charge in [0.15, 0.2) is 0 Å². The first-order chi connectivity index (χ1) is 4.91. The van der Waals surface area contributed by atoms with E-state index in [1.807, 2.05) is 13.8 Å². The van der Waals surface area contributed by atoms with Gasteiger partial charge in [-0.25, -0.2) is 0 Å². The maximum atomic E-state index is 4.94. The van der Waals surface area contributed by atoms with Crippen LogP contribution in [0.2, 0.25) is 0 Å². The van der Waals surface area contributed by atoms with Crippen LogP contribution in [0.3, 0.4) is 0 Å². The molecule has 0 atom stereocenters. The minimum atomic E-state index is 0. The molecule has 68 valence electrons. The standard InChI is InChI=1S/C4H8O.C4H10O.BH3/c1-2-4-5-3-1;1-3-5-4-2;/h1-4H2;3-4H2,1-2H3;1H3. The summed E-state index contributed by atoms with van der Waals surface area (Å²) in [5, 5.41) is 0. The topological polar surface area (TPSA) is 18.5 Å². The van der Waals surface area contributed by atoms with E-state index in [-0.39, 0.29) is 8.41 Å². The second-order valence-corrected chi connectivity index (χ2v) is 2.10. The summed E-state index contributed by atoms with van der Waals surface area (Å²) in [6, 6.07) is 0. The Hall–Kier alpha value is -0.0151. The molecule has 2 nitrogen and oxygen atoms in total. The predicted octanol–water partition coefficient (Wildman–Crippen LogP) is 0.656. The van der Waals surface area contributed by atoms with E-state index in [2.05, 4.69) is 0 Å². The summed E-state index contributed by atoms with van der Waals surface area (Å²) in [5.74, 6) is 0. The van der Waals surface area contributed by atoms with E-state index in [1.54, 1.807) is 0 Å². The van der Waals surface area contributed by atoms with Gasteiger partial charge in [-0.05, 0) is 26.7 Å². The van der Waals surface area contributed by atoms with Crippen LogP contribution in [0.5, 0.6) is 0 Å². The van der Waals surface area contributed by atoms with Crippen LogP contribution in [0.1, 0.15) is 26.7 Å². The van der Waals surface area contributed by atoms with Crippen LogP contribution in [-0.4, -0.2) is 34.8 Å². The third-order valence-electron chi connectivity index (χ3n) is 1.24. The van der Waals surface area contributed by atoms with Crippen molar-refractivity contribution in [3.63, 3.8) is 0 Å². The fourth-order valence-electron chi connectivity index (χ4n) is 0.714. The van der Waals surface area contributed by atoms with Gasteiger partial charge in [0.1, 0.15) is 0 Å². The van der Waals surface area contributed by atoms with E-state index in [9.17, 15) is 0 Å². The van der Waals surface area contributed by atoms with Crippen LogP contribution in [0.15, 0.2) is 0 Å². The molecule has 0 aromatic rings. The van der Waals surface area contributed by atoms with Gasteiger partial charge < -0.3 is 9.47 Å². The Balaban J connectivity index is 0. The second kappa shape index (κ2) is 12.6. The Bertz CT molecular complexity index is 46.4. The van der Waals surface area contributed by atoms with Gasteiger partial charge in [-0.3, -0.25) is 0 Å². The SMILES string of the molecule is B.C1CCOC1.CCOCC. The van der Waals surface area contributed by atoms with Gasteiger partial charge >= 0.3 is 0 Å². The Morgan fingerprint density at radius 2 is 1.55 bits per heavy atom. The molecule has 0 N–H and O–H groups in total. The highest BCUT2D eigenvalue weighted by Crippen LogP contribution is 1.98. The van der Waals surface area contributed by atoms with Crippen LogP contribution >= 0.6 is 0 Å². The van der Waals surface area contributed by atoms with Crippen molar-refractivity contribution in [2.24, 2.45) is 0 Å². The van der Waals surface area contributed by atoms with Crippen molar-refractivity contribution in [2.75, 3.05) is 26.4 Å². The number of hydrogen-bond donors (Lipinski definition) is 0. The summed E-state index contributed by atoms with van der Waals surface area (Å²) in [6.07, 6.45) is 2.56. The molecule has 0 spiro atoms.